The fourth-order valence-corrected chi connectivity index (χ4v) is 1.26. The van der Waals surface area contributed by atoms with Crippen LogP contribution in [0.25, 0.3) is 0 Å². The zero-order chi connectivity index (χ0) is 10.6. The van der Waals surface area contributed by atoms with E-state index in [1.54, 1.807) is 25.3 Å². The van der Waals surface area contributed by atoms with Gasteiger partial charge in [-0.3, -0.25) is 0 Å². The average molecular weight is 197 g/mol. The van der Waals surface area contributed by atoms with Gasteiger partial charge in [0.05, 0.1) is 19.3 Å². The Hall–Kier alpha value is -1.10. The van der Waals surface area contributed by atoms with E-state index < -0.39 is 6.04 Å². The molecule has 0 radical (unpaired) electrons. The topological polar surface area (TPSA) is 75.7 Å². The third-order valence-electron chi connectivity index (χ3n) is 2.00. The van der Waals surface area contributed by atoms with Gasteiger partial charge in [0, 0.05) is 12.7 Å². The van der Waals surface area contributed by atoms with Crippen molar-refractivity contribution >= 4 is 0 Å². The van der Waals surface area contributed by atoms with E-state index in [2.05, 4.69) is 0 Å². The number of phenolic OH excluding ortho intramolecular Hbond substituents is 1. The number of benzene rings is 1. The summed E-state index contributed by atoms with van der Waals surface area (Å²) in [5.41, 5.74) is 7.07. The maximum atomic E-state index is 9.47. The third-order valence-corrected chi connectivity index (χ3v) is 2.00. The number of hydrogen-bond donors (Lipinski definition) is 3. The van der Waals surface area contributed by atoms with Crippen molar-refractivity contribution in [3.8, 4) is 5.75 Å². The second kappa shape index (κ2) is 4.95. The molecule has 0 unspecified atom stereocenters. The minimum Gasteiger partial charge on any atom is -0.508 e. The Labute approximate surface area is 82.9 Å². The molecule has 0 saturated heterocycles. The van der Waals surface area contributed by atoms with E-state index in [4.69, 9.17) is 15.6 Å². The SMILES string of the molecule is COCc1ccc(O)c([C@@H](N)CO)c1. The first kappa shape index (κ1) is 11.0. The van der Waals surface area contributed by atoms with Crippen LogP contribution in [0.5, 0.6) is 5.75 Å². The Morgan fingerprint density at radius 2 is 2.21 bits per heavy atom. The highest BCUT2D eigenvalue weighted by Crippen LogP contribution is 2.23. The summed E-state index contributed by atoms with van der Waals surface area (Å²) in [6, 6.07) is 4.50. The zero-order valence-electron chi connectivity index (χ0n) is 8.10. The molecule has 4 nitrogen and oxygen atoms in total. The largest absolute Gasteiger partial charge is 0.508 e. The van der Waals surface area contributed by atoms with E-state index in [9.17, 15) is 5.11 Å². The summed E-state index contributed by atoms with van der Waals surface area (Å²) >= 11 is 0. The van der Waals surface area contributed by atoms with Crippen molar-refractivity contribution in [1.29, 1.82) is 0 Å². The fraction of sp³-hybridized carbons (Fsp3) is 0.400. The molecule has 1 aromatic rings. The summed E-state index contributed by atoms with van der Waals surface area (Å²) in [6.45, 7) is 0.273. The molecule has 1 aromatic carbocycles. The highest BCUT2D eigenvalue weighted by molar-refractivity contribution is 5.38. The first-order valence-electron chi connectivity index (χ1n) is 4.36. The zero-order valence-corrected chi connectivity index (χ0v) is 8.10. The molecular weight excluding hydrogens is 182 g/mol. The summed E-state index contributed by atoms with van der Waals surface area (Å²) < 4.78 is 4.95. The summed E-state index contributed by atoms with van der Waals surface area (Å²) in [6.07, 6.45) is 0. The monoisotopic (exact) mass is 197 g/mol. The van der Waals surface area contributed by atoms with E-state index in [1.807, 2.05) is 0 Å². The van der Waals surface area contributed by atoms with E-state index in [0.717, 1.165) is 5.56 Å². The van der Waals surface area contributed by atoms with Crippen LogP contribution in [0.3, 0.4) is 0 Å². The van der Waals surface area contributed by atoms with Crippen molar-refractivity contribution in [2.24, 2.45) is 5.73 Å². The second-order valence-electron chi connectivity index (χ2n) is 3.12. The van der Waals surface area contributed by atoms with Crippen molar-refractivity contribution in [3.63, 3.8) is 0 Å². The maximum absolute atomic E-state index is 9.47. The predicted molar refractivity (Wildman–Crippen MR) is 52.8 cm³/mol. The molecule has 0 aromatic heterocycles. The van der Waals surface area contributed by atoms with Crippen LogP contribution >= 0.6 is 0 Å². The van der Waals surface area contributed by atoms with Gasteiger partial charge >= 0.3 is 0 Å². The Morgan fingerprint density at radius 3 is 2.79 bits per heavy atom. The van der Waals surface area contributed by atoms with Crippen LogP contribution in [0.4, 0.5) is 0 Å². The lowest BCUT2D eigenvalue weighted by Gasteiger charge is -2.12. The minimum atomic E-state index is -0.549. The van der Waals surface area contributed by atoms with E-state index in [0.29, 0.717) is 12.2 Å². The number of phenols is 1. The van der Waals surface area contributed by atoms with Crippen molar-refractivity contribution in [2.75, 3.05) is 13.7 Å². The van der Waals surface area contributed by atoms with E-state index >= 15 is 0 Å². The predicted octanol–water partition coefficient (Wildman–Crippen LogP) is 0.531. The molecule has 78 valence electrons. The van der Waals surface area contributed by atoms with Gasteiger partial charge in [-0.05, 0) is 17.7 Å². The smallest absolute Gasteiger partial charge is 0.120 e. The standard InChI is InChI=1S/C10H15NO3/c1-14-6-7-2-3-10(13)8(4-7)9(11)5-12/h2-4,9,12-13H,5-6,11H2,1H3/t9-/m0/s1. The molecule has 0 bridgehead atoms. The van der Waals surface area contributed by atoms with Gasteiger partial charge in [0.2, 0.25) is 0 Å². The molecule has 0 saturated carbocycles. The van der Waals surface area contributed by atoms with Crippen LogP contribution in [0.2, 0.25) is 0 Å². The van der Waals surface area contributed by atoms with Gasteiger partial charge in [-0.15, -0.1) is 0 Å². The Kier molecular flexibility index (Phi) is 3.88. The number of aromatic hydroxyl groups is 1. The van der Waals surface area contributed by atoms with Gasteiger partial charge in [0.1, 0.15) is 5.75 Å². The lowest BCUT2D eigenvalue weighted by Crippen LogP contribution is -2.14. The fourth-order valence-electron chi connectivity index (χ4n) is 1.26. The van der Waals surface area contributed by atoms with Crippen LogP contribution < -0.4 is 5.73 Å². The van der Waals surface area contributed by atoms with Crippen molar-refractivity contribution in [2.45, 2.75) is 12.6 Å². The lowest BCUT2D eigenvalue weighted by molar-refractivity contribution is 0.184. The lowest BCUT2D eigenvalue weighted by atomic mass is 10.0. The van der Waals surface area contributed by atoms with Gasteiger partial charge in [-0.2, -0.15) is 0 Å². The summed E-state index contributed by atoms with van der Waals surface area (Å²) in [5, 5.41) is 18.3. The van der Waals surface area contributed by atoms with E-state index in [-0.39, 0.29) is 12.4 Å². The summed E-state index contributed by atoms with van der Waals surface area (Å²) in [7, 11) is 1.60. The van der Waals surface area contributed by atoms with E-state index in [1.165, 1.54) is 0 Å². The van der Waals surface area contributed by atoms with Gasteiger partial charge in [0.25, 0.3) is 0 Å². The molecular formula is C10H15NO3. The Balaban J connectivity index is 2.95. The molecule has 4 N–H and O–H groups in total. The maximum Gasteiger partial charge on any atom is 0.120 e. The number of hydrogen-bond acceptors (Lipinski definition) is 4. The first-order valence-corrected chi connectivity index (χ1v) is 4.36. The molecule has 1 atom stereocenters. The number of aliphatic hydroxyl groups is 1. The average Bonchev–Trinajstić information content (AvgIpc) is 2.20. The van der Waals surface area contributed by atoms with Crippen LogP contribution in [0.1, 0.15) is 17.2 Å². The highest BCUT2D eigenvalue weighted by atomic mass is 16.5. The molecule has 0 amide bonds. The Bertz CT molecular complexity index is 301. The van der Waals surface area contributed by atoms with Crippen molar-refractivity contribution in [1.82, 2.24) is 0 Å². The van der Waals surface area contributed by atoms with Crippen molar-refractivity contribution in [3.05, 3.63) is 29.3 Å². The first-order chi connectivity index (χ1) is 6.69. The summed E-state index contributed by atoms with van der Waals surface area (Å²) in [5.74, 6) is 0.103. The van der Waals surface area contributed by atoms with Gasteiger partial charge in [0.15, 0.2) is 0 Å². The molecule has 14 heavy (non-hydrogen) atoms. The number of ether oxygens (including phenoxy) is 1. The molecule has 0 spiro atoms. The summed E-state index contributed by atoms with van der Waals surface area (Å²) in [4.78, 5) is 0. The number of aliphatic hydroxyl groups excluding tert-OH is 1. The van der Waals surface area contributed by atoms with Gasteiger partial charge in [-0.25, -0.2) is 0 Å². The molecule has 0 aliphatic heterocycles. The Morgan fingerprint density at radius 1 is 1.50 bits per heavy atom. The molecule has 0 heterocycles. The van der Waals surface area contributed by atoms with Crippen LogP contribution in [0.15, 0.2) is 18.2 Å². The van der Waals surface area contributed by atoms with Crippen LogP contribution in [-0.4, -0.2) is 23.9 Å². The number of nitrogens with two attached hydrogens (primary N) is 1. The normalized spacial score (nSPS) is 12.8. The molecule has 1 rings (SSSR count). The van der Waals surface area contributed by atoms with Crippen LogP contribution in [0, 0.1) is 0 Å². The van der Waals surface area contributed by atoms with Crippen LogP contribution in [-0.2, 0) is 11.3 Å². The molecule has 0 aliphatic rings. The highest BCUT2D eigenvalue weighted by Gasteiger charge is 2.10. The quantitative estimate of drug-likeness (QED) is 0.658. The van der Waals surface area contributed by atoms with Gasteiger partial charge < -0.3 is 20.7 Å². The van der Waals surface area contributed by atoms with Gasteiger partial charge in [-0.1, -0.05) is 6.07 Å². The molecule has 0 aliphatic carbocycles. The molecule has 4 heteroatoms. The molecule has 0 fully saturated rings. The number of rotatable bonds is 4. The number of methoxy groups -OCH3 is 1. The minimum absolute atomic E-state index is 0.103. The second-order valence-corrected chi connectivity index (χ2v) is 3.12. The third kappa shape index (κ3) is 2.45. The van der Waals surface area contributed by atoms with Crippen molar-refractivity contribution < 1.29 is 14.9 Å².